The van der Waals surface area contributed by atoms with Crippen LogP contribution in [0.25, 0.3) is 11.1 Å². The highest BCUT2D eigenvalue weighted by Crippen LogP contribution is 2.34. The fraction of sp³-hybridized carbons (Fsp3) is 0.375. The zero-order valence-corrected chi connectivity index (χ0v) is 22.8. The molecule has 0 spiro atoms. The Morgan fingerprint density at radius 3 is 2.30 bits per heavy atom. The highest BCUT2D eigenvalue weighted by atomic mass is 16.6. The Labute approximate surface area is 220 Å². The van der Waals surface area contributed by atoms with Crippen molar-refractivity contribution in [3.05, 3.63) is 88.0 Å². The molecule has 0 N–H and O–H groups in total. The van der Waals surface area contributed by atoms with Gasteiger partial charge in [-0.1, -0.05) is 48.5 Å². The fourth-order valence-electron chi connectivity index (χ4n) is 4.96. The number of hydrogen-bond donors (Lipinski definition) is 0. The molecule has 0 aromatic heterocycles. The highest BCUT2D eigenvalue weighted by Gasteiger charge is 2.30. The number of rotatable bonds is 6. The van der Waals surface area contributed by atoms with Gasteiger partial charge in [0.05, 0.1) is 18.7 Å². The van der Waals surface area contributed by atoms with Gasteiger partial charge in [-0.25, -0.2) is 4.79 Å². The minimum atomic E-state index is -0.510. The van der Waals surface area contributed by atoms with Crippen molar-refractivity contribution in [2.75, 3.05) is 18.1 Å². The predicted molar refractivity (Wildman–Crippen MR) is 148 cm³/mol. The van der Waals surface area contributed by atoms with Gasteiger partial charge in [-0.05, 0) is 105 Å². The Morgan fingerprint density at radius 1 is 0.946 bits per heavy atom. The largest absolute Gasteiger partial charge is 0.466 e. The molecule has 37 heavy (non-hydrogen) atoms. The van der Waals surface area contributed by atoms with Crippen LogP contribution < -0.4 is 4.90 Å². The molecule has 4 rings (SSSR count). The molecule has 0 saturated heterocycles. The topological polar surface area (TPSA) is 55.8 Å². The number of benzene rings is 3. The minimum absolute atomic E-state index is 0.199. The maximum atomic E-state index is 12.7. The third-order valence-electron chi connectivity index (χ3n) is 6.78. The van der Waals surface area contributed by atoms with Gasteiger partial charge in [0.2, 0.25) is 0 Å². The van der Waals surface area contributed by atoms with Crippen molar-refractivity contribution < 1.29 is 19.1 Å². The summed E-state index contributed by atoms with van der Waals surface area (Å²) >= 11 is 0. The van der Waals surface area contributed by atoms with Gasteiger partial charge in [0.25, 0.3) is 0 Å². The lowest BCUT2D eigenvalue weighted by molar-refractivity contribution is -0.142. The summed E-state index contributed by atoms with van der Waals surface area (Å²) in [6.45, 7) is 12.9. The second-order valence-corrected chi connectivity index (χ2v) is 10.7. The van der Waals surface area contributed by atoms with E-state index in [1.807, 2.05) is 39.8 Å². The molecule has 1 amide bonds. The maximum Gasteiger partial charge on any atom is 0.414 e. The number of carbonyl (C=O) groups excluding carboxylic acids is 2. The van der Waals surface area contributed by atoms with Crippen molar-refractivity contribution in [1.29, 1.82) is 0 Å². The molecular weight excluding hydrogens is 462 g/mol. The molecule has 0 radical (unpaired) electrons. The van der Waals surface area contributed by atoms with E-state index in [9.17, 15) is 9.59 Å². The second-order valence-electron chi connectivity index (χ2n) is 10.7. The maximum absolute atomic E-state index is 12.7. The summed E-state index contributed by atoms with van der Waals surface area (Å²) in [5.74, 6) is -0.199. The Kier molecular flexibility index (Phi) is 7.72. The number of carbonyl (C=O) groups is 2. The van der Waals surface area contributed by atoms with Crippen LogP contribution in [0.5, 0.6) is 0 Å². The van der Waals surface area contributed by atoms with Crippen LogP contribution in [0.4, 0.5) is 10.5 Å². The molecule has 0 saturated carbocycles. The third kappa shape index (κ3) is 6.22. The molecule has 3 aromatic rings. The molecule has 0 atom stereocenters. The Morgan fingerprint density at radius 2 is 1.65 bits per heavy atom. The summed E-state index contributed by atoms with van der Waals surface area (Å²) in [5, 5.41) is 0. The van der Waals surface area contributed by atoms with Gasteiger partial charge in [-0.2, -0.15) is 0 Å². The number of hydrogen-bond acceptors (Lipinski definition) is 4. The quantitative estimate of drug-likeness (QED) is 0.344. The molecule has 3 aromatic carbocycles. The lowest BCUT2D eigenvalue weighted by Crippen LogP contribution is -2.35. The Balaban J connectivity index is 1.48. The summed E-state index contributed by atoms with van der Waals surface area (Å²) in [6.07, 6.45) is 1.70. The monoisotopic (exact) mass is 499 g/mol. The summed E-state index contributed by atoms with van der Waals surface area (Å²) in [7, 11) is 0. The molecule has 194 valence electrons. The van der Waals surface area contributed by atoms with E-state index >= 15 is 0 Å². The molecule has 0 aliphatic carbocycles. The van der Waals surface area contributed by atoms with Gasteiger partial charge in [0, 0.05) is 6.54 Å². The van der Waals surface area contributed by atoms with Crippen LogP contribution >= 0.6 is 0 Å². The average Bonchev–Trinajstić information content (AvgIpc) is 3.26. The molecule has 1 heterocycles. The molecule has 0 bridgehead atoms. The predicted octanol–water partition coefficient (Wildman–Crippen LogP) is 6.96. The average molecular weight is 500 g/mol. The summed E-state index contributed by atoms with van der Waals surface area (Å²) in [6, 6.07) is 18.9. The number of fused-ring (bicyclic) bond motifs is 1. The van der Waals surface area contributed by atoms with Crippen molar-refractivity contribution >= 4 is 17.7 Å². The van der Waals surface area contributed by atoms with Crippen LogP contribution in [0.3, 0.4) is 0 Å². The first-order valence-corrected chi connectivity index (χ1v) is 13.0. The minimum Gasteiger partial charge on any atom is -0.466 e. The van der Waals surface area contributed by atoms with E-state index in [0.29, 0.717) is 19.6 Å². The van der Waals surface area contributed by atoms with Crippen LogP contribution in [0.2, 0.25) is 0 Å². The summed E-state index contributed by atoms with van der Waals surface area (Å²) < 4.78 is 10.7. The first-order valence-electron chi connectivity index (χ1n) is 13.0. The molecule has 1 aliphatic rings. The van der Waals surface area contributed by atoms with Gasteiger partial charge in [0.15, 0.2) is 0 Å². The van der Waals surface area contributed by atoms with Gasteiger partial charge in [-0.15, -0.1) is 0 Å². The first-order chi connectivity index (χ1) is 17.6. The Bertz CT molecular complexity index is 1300. The van der Waals surface area contributed by atoms with Crippen molar-refractivity contribution in [3.8, 4) is 11.1 Å². The third-order valence-corrected chi connectivity index (χ3v) is 6.78. The summed E-state index contributed by atoms with van der Waals surface area (Å²) in [4.78, 5) is 26.2. The lowest BCUT2D eigenvalue weighted by atomic mass is 9.92. The number of anilines is 1. The SMILES string of the molecule is CCOC(=O)Cc1ccc(-c2ccc(Cc3ccc4c(c3C)CCN4C(=O)OC(C)(C)C)cc2C)cc1. The van der Waals surface area contributed by atoms with E-state index in [0.717, 1.165) is 29.7 Å². The highest BCUT2D eigenvalue weighted by molar-refractivity contribution is 5.91. The number of amides is 1. The normalized spacial score (nSPS) is 12.9. The Hall–Kier alpha value is -3.60. The number of esters is 1. The first kappa shape index (κ1) is 26.5. The van der Waals surface area contributed by atoms with E-state index in [4.69, 9.17) is 9.47 Å². The standard InChI is InChI=1S/C32H37NO4/c1-7-36-30(34)20-23-8-11-25(12-9-23)27-14-10-24(18-21(27)2)19-26-13-15-29-28(22(26)3)16-17-33(29)31(35)37-32(4,5)6/h8-15,18H,7,16-17,19-20H2,1-6H3. The lowest BCUT2D eigenvalue weighted by Gasteiger charge is -2.25. The number of nitrogens with zero attached hydrogens (tertiary/aromatic N) is 1. The number of ether oxygens (including phenoxy) is 2. The molecule has 1 aliphatic heterocycles. The molecule has 5 heteroatoms. The second kappa shape index (κ2) is 10.8. The van der Waals surface area contributed by atoms with Gasteiger partial charge >= 0.3 is 12.1 Å². The zero-order valence-electron chi connectivity index (χ0n) is 22.8. The van der Waals surface area contributed by atoms with Gasteiger partial charge in [-0.3, -0.25) is 9.69 Å². The molecule has 0 fully saturated rings. The van der Waals surface area contributed by atoms with Crippen molar-refractivity contribution in [2.45, 2.75) is 66.4 Å². The van der Waals surface area contributed by atoms with Gasteiger partial charge in [0.1, 0.15) is 5.60 Å². The number of aryl methyl sites for hydroxylation is 1. The van der Waals surface area contributed by atoms with Gasteiger partial charge < -0.3 is 9.47 Å². The van der Waals surface area contributed by atoms with Crippen LogP contribution in [-0.4, -0.2) is 30.8 Å². The van der Waals surface area contributed by atoms with Crippen LogP contribution in [0.15, 0.2) is 54.6 Å². The van der Waals surface area contributed by atoms with E-state index in [1.165, 1.54) is 33.4 Å². The van der Waals surface area contributed by atoms with E-state index in [2.05, 4.69) is 56.3 Å². The fourth-order valence-corrected chi connectivity index (χ4v) is 4.96. The van der Waals surface area contributed by atoms with E-state index in [-0.39, 0.29) is 12.1 Å². The van der Waals surface area contributed by atoms with Crippen molar-refractivity contribution in [2.24, 2.45) is 0 Å². The van der Waals surface area contributed by atoms with E-state index < -0.39 is 5.60 Å². The van der Waals surface area contributed by atoms with Crippen molar-refractivity contribution in [3.63, 3.8) is 0 Å². The van der Waals surface area contributed by atoms with Crippen LogP contribution in [0, 0.1) is 13.8 Å². The molecule has 0 unspecified atom stereocenters. The van der Waals surface area contributed by atoms with Crippen molar-refractivity contribution in [1.82, 2.24) is 0 Å². The summed E-state index contributed by atoms with van der Waals surface area (Å²) in [5.41, 5.74) is 9.96. The smallest absolute Gasteiger partial charge is 0.414 e. The molecular formula is C32H37NO4. The zero-order chi connectivity index (χ0) is 26.7. The van der Waals surface area contributed by atoms with Crippen LogP contribution in [0.1, 0.15) is 61.1 Å². The molecule has 5 nitrogen and oxygen atoms in total. The van der Waals surface area contributed by atoms with E-state index in [1.54, 1.807) is 4.90 Å². The van der Waals surface area contributed by atoms with Crippen LogP contribution in [-0.2, 0) is 33.5 Å².